The van der Waals surface area contributed by atoms with Gasteiger partial charge in [-0.2, -0.15) is 4.98 Å². The van der Waals surface area contributed by atoms with Crippen LogP contribution >= 0.6 is 0 Å². The van der Waals surface area contributed by atoms with E-state index in [9.17, 15) is 9.90 Å². The molecule has 1 unspecified atom stereocenters. The lowest BCUT2D eigenvalue weighted by atomic mass is 10.1. The van der Waals surface area contributed by atoms with Gasteiger partial charge in [0.05, 0.1) is 13.2 Å². The number of hydrogen-bond acceptors (Lipinski definition) is 7. The first-order valence-corrected chi connectivity index (χ1v) is 7.95. The van der Waals surface area contributed by atoms with Gasteiger partial charge in [-0.05, 0) is 12.1 Å². The Balaban J connectivity index is 1.55. The highest BCUT2D eigenvalue weighted by molar-refractivity contribution is 5.76. The molecule has 1 saturated heterocycles. The number of carbonyl (C=O) groups excluding carboxylic acids is 1. The summed E-state index contributed by atoms with van der Waals surface area (Å²) in [5.41, 5.74) is 0.821. The summed E-state index contributed by atoms with van der Waals surface area (Å²) in [5, 5.41) is 13.2. The largest absolute Gasteiger partial charge is 0.396 e. The number of aryl methyl sites for hydroxylation is 1. The number of pyridine rings is 1. The number of hydrogen-bond donors (Lipinski definition) is 1. The molecule has 8 nitrogen and oxygen atoms in total. The van der Waals surface area contributed by atoms with Gasteiger partial charge in [-0.15, -0.1) is 0 Å². The van der Waals surface area contributed by atoms with Gasteiger partial charge in [0.2, 0.25) is 17.6 Å². The van der Waals surface area contributed by atoms with Crippen molar-refractivity contribution in [2.45, 2.75) is 12.8 Å². The molecular formula is C16H20N4O4. The van der Waals surface area contributed by atoms with Crippen molar-refractivity contribution in [2.24, 2.45) is 5.92 Å². The molecule has 0 bridgehead atoms. The average Bonchev–Trinajstić information content (AvgIpc) is 2.97. The third-order valence-electron chi connectivity index (χ3n) is 3.91. The molecule has 1 aliphatic rings. The number of aliphatic hydroxyl groups is 1. The lowest BCUT2D eigenvalue weighted by molar-refractivity contribution is -0.131. The topological polar surface area (TPSA) is 102 Å². The van der Waals surface area contributed by atoms with Gasteiger partial charge in [-0.3, -0.25) is 9.78 Å². The predicted molar refractivity (Wildman–Crippen MR) is 83.8 cm³/mol. The zero-order chi connectivity index (χ0) is 16.8. The molecule has 1 fully saturated rings. The highest BCUT2D eigenvalue weighted by Crippen LogP contribution is 2.15. The molecule has 3 rings (SSSR count). The van der Waals surface area contributed by atoms with E-state index >= 15 is 0 Å². The van der Waals surface area contributed by atoms with E-state index in [2.05, 4.69) is 15.1 Å². The highest BCUT2D eigenvalue weighted by Gasteiger charge is 2.22. The van der Waals surface area contributed by atoms with Crippen LogP contribution in [-0.4, -0.2) is 63.9 Å². The van der Waals surface area contributed by atoms with E-state index in [0.29, 0.717) is 44.4 Å². The summed E-state index contributed by atoms with van der Waals surface area (Å²) >= 11 is 0. The Morgan fingerprint density at radius 1 is 1.38 bits per heavy atom. The van der Waals surface area contributed by atoms with Gasteiger partial charge < -0.3 is 19.3 Å². The Hall–Kier alpha value is -2.32. The van der Waals surface area contributed by atoms with Crippen molar-refractivity contribution < 1.29 is 19.2 Å². The zero-order valence-corrected chi connectivity index (χ0v) is 13.3. The van der Waals surface area contributed by atoms with E-state index in [1.807, 2.05) is 0 Å². The van der Waals surface area contributed by atoms with Crippen molar-refractivity contribution in [3.63, 3.8) is 0 Å². The molecule has 3 heterocycles. The molecule has 1 N–H and O–H groups in total. The summed E-state index contributed by atoms with van der Waals surface area (Å²) < 4.78 is 10.6. The summed E-state index contributed by atoms with van der Waals surface area (Å²) in [4.78, 5) is 22.3. The van der Waals surface area contributed by atoms with Crippen LogP contribution in [-0.2, 0) is 16.0 Å². The fourth-order valence-corrected chi connectivity index (χ4v) is 2.56. The van der Waals surface area contributed by atoms with E-state index < -0.39 is 0 Å². The molecule has 1 aliphatic heterocycles. The van der Waals surface area contributed by atoms with Gasteiger partial charge in [0.15, 0.2) is 0 Å². The second-order valence-electron chi connectivity index (χ2n) is 5.71. The maximum absolute atomic E-state index is 12.4. The average molecular weight is 332 g/mol. The lowest BCUT2D eigenvalue weighted by Gasteiger charge is -2.22. The number of rotatable bonds is 5. The van der Waals surface area contributed by atoms with Crippen LogP contribution in [0, 0.1) is 5.92 Å². The van der Waals surface area contributed by atoms with Crippen LogP contribution in [0.3, 0.4) is 0 Å². The SMILES string of the molecule is O=C(CCc1nc(-c2ccncc2)no1)N1CCOCC(CO)C1. The van der Waals surface area contributed by atoms with Gasteiger partial charge in [0, 0.05) is 56.4 Å². The second kappa shape index (κ2) is 7.98. The van der Waals surface area contributed by atoms with Gasteiger partial charge in [-0.1, -0.05) is 5.16 Å². The zero-order valence-electron chi connectivity index (χ0n) is 13.3. The minimum absolute atomic E-state index is 0.00242. The molecule has 0 aromatic carbocycles. The number of ether oxygens (including phenoxy) is 1. The Labute approximate surface area is 139 Å². The molecule has 0 saturated carbocycles. The normalized spacial score (nSPS) is 18.4. The molecule has 2 aromatic heterocycles. The van der Waals surface area contributed by atoms with Gasteiger partial charge >= 0.3 is 0 Å². The van der Waals surface area contributed by atoms with Crippen molar-refractivity contribution in [1.82, 2.24) is 20.0 Å². The monoisotopic (exact) mass is 332 g/mol. The van der Waals surface area contributed by atoms with E-state index in [4.69, 9.17) is 9.26 Å². The number of nitrogens with zero attached hydrogens (tertiary/aromatic N) is 4. The highest BCUT2D eigenvalue weighted by atomic mass is 16.5. The van der Waals surface area contributed by atoms with E-state index in [1.165, 1.54) is 0 Å². The van der Waals surface area contributed by atoms with Gasteiger partial charge in [-0.25, -0.2) is 0 Å². The molecule has 128 valence electrons. The smallest absolute Gasteiger partial charge is 0.227 e. The summed E-state index contributed by atoms with van der Waals surface area (Å²) in [6.45, 7) is 2.06. The summed E-state index contributed by atoms with van der Waals surface area (Å²) in [7, 11) is 0. The van der Waals surface area contributed by atoms with Crippen molar-refractivity contribution >= 4 is 5.91 Å². The number of amides is 1. The Morgan fingerprint density at radius 3 is 3.00 bits per heavy atom. The molecule has 2 aromatic rings. The standard InChI is InChI=1S/C16H20N4O4/c21-10-12-9-20(7-8-23-11-12)15(22)2-1-14-18-16(19-24-14)13-3-5-17-6-4-13/h3-6,12,21H,1-2,7-11H2. The quantitative estimate of drug-likeness (QED) is 0.852. The van der Waals surface area contributed by atoms with Crippen LogP contribution in [0.4, 0.5) is 0 Å². The molecule has 1 amide bonds. The van der Waals surface area contributed by atoms with Crippen LogP contribution < -0.4 is 0 Å². The van der Waals surface area contributed by atoms with Crippen LogP contribution in [0.5, 0.6) is 0 Å². The summed E-state index contributed by atoms with van der Waals surface area (Å²) in [5.74, 6) is 0.893. The molecule has 8 heteroatoms. The molecule has 0 aliphatic carbocycles. The number of carbonyl (C=O) groups is 1. The summed E-state index contributed by atoms with van der Waals surface area (Å²) in [6, 6.07) is 3.60. The first-order valence-electron chi connectivity index (χ1n) is 7.95. The summed E-state index contributed by atoms with van der Waals surface area (Å²) in [6.07, 6.45) is 4.00. The molecule has 0 radical (unpaired) electrons. The Morgan fingerprint density at radius 2 is 2.21 bits per heavy atom. The second-order valence-corrected chi connectivity index (χ2v) is 5.71. The fourth-order valence-electron chi connectivity index (χ4n) is 2.56. The first-order chi connectivity index (χ1) is 11.8. The Bertz CT molecular complexity index is 661. The van der Waals surface area contributed by atoms with E-state index in [1.54, 1.807) is 29.4 Å². The fraction of sp³-hybridized carbons (Fsp3) is 0.500. The van der Waals surface area contributed by atoms with Crippen LogP contribution in [0.2, 0.25) is 0 Å². The van der Waals surface area contributed by atoms with Crippen LogP contribution in [0.1, 0.15) is 12.3 Å². The lowest BCUT2D eigenvalue weighted by Crippen LogP contribution is -2.36. The third kappa shape index (κ3) is 4.15. The molecule has 24 heavy (non-hydrogen) atoms. The molecule has 0 spiro atoms. The van der Waals surface area contributed by atoms with Crippen molar-refractivity contribution in [2.75, 3.05) is 32.9 Å². The van der Waals surface area contributed by atoms with Crippen LogP contribution in [0.25, 0.3) is 11.4 Å². The maximum atomic E-state index is 12.4. The minimum Gasteiger partial charge on any atom is -0.396 e. The number of aliphatic hydroxyl groups excluding tert-OH is 1. The van der Waals surface area contributed by atoms with Crippen molar-refractivity contribution in [3.8, 4) is 11.4 Å². The molecular weight excluding hydrogens is 312 g/mol. The van der Waals surface area contributed by atoms with E-state index in [-0.39, 0.29) is 24.9 Å². The van der Waals surface area contributed by atoms with Gasteiger partial charge in [0.1, 0.15) is 0 Å². The Kier molecular flexibility index (Phi) is 5.50. The van der Waals surface area contributed by atoms with Crippen molar-refractivity contribution in [3.05, 3.63) is 30.4 Å². The third-order valence-corrected chi connectivity index (χ3v) is 3.91. The first kappa shape index (κ1) is 16.5. The maximum Gasteiger partial charge on any atom is 0.227 e. The van der Waals surface area contributed by atoms with E-state index in [0.717, 1.165) is 5.56 Å². The van der Waals surface area contributed by atoms with Gasteiger partial charge in [0.25, 0.3) is 0 Å². The van der Waals surface area contributed by atoms with Crippen LogP contribution in [0.15, 0.2) is 29.0 Å². The predicted octanol–water partition coefficient (Wildman–Crippen LogP) is 0.531. The van der Waals surface area contributed by atoms with Crippen molar-refractivity contribution in [1.29, 1.82) is 0 Å². The minimum atomic E-state index is -0.0295. The molecule has 1 atom stereocenters. The number of aromatic nitrogens is 3.